The van der Waals surface area contributed by atoms with Gasteiger partial charge in [0.05, 0.1) is 0 Å². The molecule has 0 radical (unpaired) electrons. The Labute approximate surface area is 118 Å². The summed E-state index contributed by atoms with van der Waals surface area (Å²) >= 11 is 3.85. The first-order chi connectivity index (χ1) is 8.75. The highest BCUT2D eigenvalue weighted by molar-refractivity contribution is 9.09. The van der Waals surface area contributed by atoms with Gasteiger partial charge in [0.25, 0.3) is 0 Å². The molecule has 0 N–H and O–H groups in total. The van der Waals surface area contributed by atoms with Crippen LogP contribution in [0.25, 0.3) is 0 Å². The Balaban J connectivity index is 1.81. The molecule has 0 aromatic carbocycles. The molecule has 1 aromatic rings. The summed E-state index contributed by atoms with van der Waals surface area (Å²) in [6.07, 6.45) is 8.95. The fourth-order valence-corrected chi connectivity index (χ4v) is 4.22. The molecular formula is C15H21BrN2. The van der Waals surface area contributed by atoms with Crippen LogP contribution in [0.3, 0.4) is 0 Å². The number of anilines is 1. The van der Waals surface area contributed by atoms with Gasteiger partial charge in [-0.3, -0.25) is 0 Å². The molecule has 0 bridgehead atoms. The first-order valence-corrected chi connectivity index (χ1v) is 8.03. The molecule has 0 spiro atoms. The van der Waals surface area contributed by atoms with E-state index < -0.39 is 0 Å². The standard InChI is InChI=1S/C15H21BrN2/c1-18(14-8-3-2-6-12(14)16)15-10-9-11-5-4-7-13(11)17-15/h9-10,12,14H,2-8H2,1H3. The van der Waals surface area contributed by atoms with Crippen LogP contribution in [-0.2, 0) is 12.8 Å². The average molecular weight is 309 g/mol. The van der Waals surface area contributed by atoms with E-state index in [1.54, 1.807) is 0 Å². The molecule has 1 aromatic heterocycles. The van der Waals surface area contributed by atoms with Gasteiger partial charge in [-0.1, -0.05) is 34.8 Å². The number of nitrogens with zero attached hydrogens (tertiary/aromatic N) is 2. The fraction of sp³-hybridized carbons (Fsp3) is 0.667. The van der Waals surface area contributed by atoms with Crippen molar-refractivity contribution in [2.75, 3.05) is 11.9 Å². The molecule has 1 heterocycles. The molecule has 0 aliphatic heterocycles. The van der Waals surface area contributed by atoms with E-state index in [0.717, 1.165) is 5.82 Å². The molecule has 0 saturated heterocycles. The summed E-state index contributed by atoms with van der Waals surface area (Å²) in [7, 11) is 2.20. The number of halogens is 1. The highest BCUT2D eigenvalue weighted by Crippen LogP contribution is 2.31. The van der Waals surface area contributed by atoms with E-state index in [4.69, 9.17) is 4.98 Å². The minimum absolute atomic E-state index is 0.603. The first-order valence-electron chi connectivity index (χ1n) is 7.11. The predicted molar refractivity (Wildman–Crippen MR) is 79.6 cm³/mol. The summed E-state index contributed by atoms with van der Waals surface area (Å²) in [5.74, 6) is 1.16. The Morgan fingerprint density at radius 3 is 2.83 bits per heavy atom. The Morgan fingerprint density at radius 1 is 1.17 bits per heavy atom. The monoisotopic (exact) mass is 308 g/mol. The van der Waals surface area contributed by atoms with Crippen molar-refractivity contribution in [2.24, 2.45) is 0 Å². The van der Waals surface area contributed by atoms with E-state index in [1.807, 2.05) is 0 Å². The van der Waals surface area contributed by atoms with Crippen LogP contribution in [0.4, 0.5) is 5.82 Å². The molecule has 0 amide bonds. The maximum Gasteiger partial charge on any atom is 0.128 e. The van der Waals surface area contributed by atoms with Crippen LogP contribution in [0.1, 0.15) is 43.4 Å². The summed E-state index contributed by atoms with van der Waals surface area (Å²) in [4.78, 5) is 7.87. The van der Waals surface area contributed by atoms with Crippen LogP contribution in [0.15, 0.2) is 12.1 Å². The van der Waals surface area contributed by atoms with Gasteiger partial charge >= 0.3 is 0 Å². The molecule has 18 heavy (non-hydrogen) atoms. The lowest BCUT2D eigenvalue weighted by molar-refractivity contribution is 0.442. The summed E-state index contributed by atoms with van der Waals surface area (Å²) in [5.41, 5.74) is 2.80. The minimum Gasteiger partial charge on any atom is -0.356 e. The lowest BCUT2D eigenvalue weighted by atomic mass is 9.94. The summed E-state index contributed by atoms with van der Waals surface area (Å²) in [6.45, 7) is 0. The molecule has 2 unspecified atom stereocenters. The molecule has 1 fully saturated rings. The predicted octanol–water partition coefficient (Wildman–Crippen LogP) is 3.71. The Bertz CT molecular complexity index is 433. The zero-order valence-electron chi connectivity index (χ0n) is 11.0. The third-order valence-corrected chi connectivity index (χ3v) is 5.49. The van der Waals surface area contributed by atoms with Gasteiger partial charge in [-0.05, 0) is 43.7 Å². The van der Waals surface area contributed by atoms with Crippen LogP contribution in [0.2, 0.25) is 0 Å². The summed E-state index contributed by atoms with van der Waals surface area (Å²) in [5, 5.41) is 0. The number of aromatic nitrogens is 1. The van der Waals surface area contributed by atoms with Crippen molar-refractivity contribution in [3.05, 3.63) is 23.4 Å². The van der Waals surface area contributed by atoms with Gasteiger partial charge < -0.3 is 4.90 Å². The van der Waals surface area contributed by atoms with E-state index in [0.29, 0.717) is 10.9 Å². The molecule has 3 heteroatoms. The van der Waals surface area contributed by atoms with E-state index in [1.165, 1.54) is 56.2 Å². The molecule has 2 aliphatic rings. The Kier molecular flexibility index (Phi) is 3.60. The van der Waals surface area contributed by atoms with Gasteiger partial charge in [0, 0.05) is 23.6 Å². The lowest BCUT2D eigenvalue weighted by Crippen LogP contribution is -2.41. The van der Waals surface area contributed by atoms with E-state index in [2.05, 4.69) is 40.0 Å². The number of rotatable bonds is 2. The Morgan fingerprint density at radius 2 is 2.00 bits per heavy atom. The van der Waals surface area contributed by atoms with Gasteiger partial charge in [0.15, 0.2) is 0 Å². The topological polar surface area (TPSA) is 16.1 Å². The number of fused-ring (bicyclic) bond motifs is 1. The second-order valence-corrected chi connectivity index (χ2v) is 6.78. The third kappa shape index (κ3) is 2.29. The lowest BCUT2D eigenvalue weighted by Gasteiger charge is -2.36. The van der Waals surface area contributed by atoms with E-state index >= 15 is 0 Å². The highest BCUT2D eigenvalue weighted by Gasteiger charge is 2.27. The highest BCUT2D eigenvalue weighted by atomic mass is 79.9. The van der Waals surface area contributed by atoms with Crippen LogP contribution in [-0.4, -0.2) is 22.9 Å². The van der Waals surface area contributed by atoms with Gasteiger partial charge in [-0.25, -0.2) is 4.98 Å². The van der Waals surface area contributed by atoms with Crippen molar-refractivity contribution in [3.8, 4) is 0 Å². The van der Waals surface area contributed by atoms with Crippen LogP contribution >= 0.6 is 15.9 Å². The molecule has 3 rings (SSSR count). The number of pyridine rings is 1. The van der Waals surface area contributed by atoms with Crippen molar-refractivity contribution in [1.29, 1.82) is 0 Å². The SMILES string of the molecule is CN(c1ccc2c(n1)CCC2)C1CCCCC1Br. The second kappa shape index (κ2) is 5.20. The maximum absolute atomic E-state index is 4.87. The largest absolute Gasteiger partial charge is 0.356 e. The molecule has 2 nitrogen and oxygen atoms in total. The summed E-state index contributed by atoms with van der Waals surface area (Å²) < 4.78 is 0. The number of alkyl halides is 1. The number of aryl methyl sites for hydroxylation is 2. The zero-order valence-corrected chi connectivity index (χ0v) is 12.6. The van der Waals surface area contributed by atoms with Crippen molar-refractivity contribution < 1.29 is 0 Å². The van der Waals surface area contributed by atoms with Crippen LogP contribution in [0.5, 0.6) is 0 Å². The van der Waals surface area contributed by atoms with Crippen molar-refractivity contribution >= 4 is 21.7 Å². The number of hydrogen-bond acceptors (Lipinski definition) is 2. The summed E-state index contributed by atoms with van der Waals surface area (Å²) in [6, 6.07) is 5.09. The Hall–Kier alpha value is -0.570. The van der Waals surface area contributed by atoms with E-state index in [-0.39, 0.29) is 0 Å². The first kappa shape index (κ1) is 12.5. The number of hydrogen-bond donors (Lipinski definition) is 0. The molecule has 1 saturated carbocycles. The molecular weight excluding hydrogens is 288 g/mol. The van der Waals surface area contributed by atoms with Gasteiger partial charge in [-0.15, -0.1) is 0 Å². The normalized spacial score (nSPS) is 27.0. The van der Waals surface area contributed by atoms with Gasteiger partial charge in [-0.2, -0.15) is 0 Å². The molecule has 2 aliphatic carbocycles. The fourth-order valence-electron chi connectivity index (χ4n) is 3.28. The van der Waals surface area contributed by atoms with Crippen molar-refractivity contribution in [3.63, 3.8) is 0 Å². The smallest absolute Gasteiger partial charge is 0.128 e. The second-order valence-electron chi connectivity index (χ2n) is 5.61. The average Bonchev–Trinajstić information content (AvgIpc) is 2.85. The van der Waals surface area contributed by atoms with Gasteiger partial charge in [0.1, 0.15) is 5.82 Å². The van der Waals surface area contributed by atoms with Crippen LogP contribution < -0.4 is 4.90 Å². The molecule has 98 valence electrons. The quantitative estimate of drug-likeness (QED) is 0.774. The van der Waals surface area contributed by atoms with Crippen LogP contribution in [0, 0.1) is 0 Å². The van der Waals surface area contributed by atoms with Crippen molar-refractivity contribution in [2.45, 2.75) is 55.8 Å². The minimum atomic E-state index is 0.603. The zero-order chi connectivity index (χ0) is 12.5. The third-order valence-electron chi connectivity index (χ3n) is 4.42. The molecule has 2 atom stereocenters. The van der Waals surface area contributed by atoms with Crippen molar-refractivity contribution in [1.82, 2.24) is 4.98 Å². The van der Waals surface area contributed by atoms with E-state index in [9.17, 15) is 0 Å². The van der Waals surface area contributed by atoms with Gasteiger partial charge in [0.2, 0.25) is 0 Å². The maximum atomic E-state index is 4.87.